The molecule has 0 atom stereocenters. The largest absolute Gasteiger partial charge is 0.338 e. The van der Waals surface area contributed by atoms with Crippen LogP contribution in [0.4, 0.5) is 30.7 Å². The van der Waals surface area contributed by atoms with Gasteiger partial charge < -0.3 is 0 Å². The van der Waals surface area contributed by atoms with E-state index in [0.717, 1.165) is 0 Å². The van der Waals surface area contributed by atoms with Crippen LogP contribution in [0.15, 0.2) is 0 Å². The Kier molecular flexibility index (Phi) is 3.80. The molecule has 0 aliphatic rings. The lowest BCUT2D eigenvalue weighted by Gasteiger charge is -2.27. The van der Waals surface area contributed by atoms with Crippen LogP contribution in [-0.2, 0) is 0 Å². The quantitative estimate of drug-likeness (QED) is 0.628. The summed E-state index contributed by atoms with van der Waals surface area (Å²) in [7, 11) is 0. The summed E-state index contributed by atoms with van der Waals surface area (Å²) in [5.41, 5.74) is 0. The van der Waals surface area contributed by atoms with E-state index in [-0.39, 0.29) is 0 Å². The van der Waals surface area contributed by atoms with Crippen LogP contribution in [0.2, 0.25) is 0 Å². The summed E-state index contributed by atoms with van der Waals surface area (Å²) in [5.74, 6) is -14.2. The molecule has 14 heavy (non-hydrogen) atoms. The van der Waals surface area contributed by atoms with Gasteiger partial charge in [-0.05, 0) is 6.92 Å². The molecule has 0 amide bonds. The molecule has 0 unspecified atom stereocenters. The van der Waals surface area contributed by atoms with Crippen LogP contribution in [0, 0.1) is 6.92 Å². The second-order valence-electron chi connectivity index (χ2n) is 2.83. The summed E-state index contributed by atoms with van der Waals surface area (Å²) in [6, 6.07) is 0. The highest BCUT2D eigenvalue weighted by atomic mass is 19.3. The van der Waals surface area contributed by atoms with Gasteiger partial charge in [0, 0.05) is 6.42 Å². The van der Waals surface area contributed by atoms with E-state index in [1.165, 1.54) is 0 Å². The van der Waals surface area contributed by atoms with Gasteiger partial charge in [-0.1, -0.05) is 0 Å². The topological polar surface area (TPSA) is 0 Å². The number of alkyl halides is 7. The third-order valence-electron chi connectivity index (χ3n) is 1.55. The van der Waals surface area contributed by atoms with Crippen LogP contribution in [0.1, 0.15) is 12.8 Å². The molecule has 0 spiro atoms. The smallest absolute Gasteiger partial charge is 0.244 e. The molecule has 0 aromatic heterocycles. The highest BCUT2D eigenvalue weighted by Crippen LogP contribution is 2.42. The number of hydrogen-bond acceptors (Lipinski definition) is 0. The van der Waals surface area contributed by atoms with E-state index in [0.29, 0.717) is 0 Å². The first kappa shape index (κ1) is 13.5. The van der Waals surface area contributed by atoms with Crippen molar-refractivity contribution in [2.45, 2.75) is 30.6 Å². The van der Waals surface area contributed by atoms with Crippen LogP contribution in [0.5, 0.6) is 0 Å². The van der Waals surface area contributed by atoms with Gasteiger partial charge >= 0.3 is 11.8 Å². The Labute approximate surface area is 76.1 Å². The van der Waals surface area contributed by atoms with Crippen molar-refractivity contribution in [3.63, 3.8) is 0 Å². The fourth-order valence-corrected chi connectivity index (χ4v) is 0.640. The number of hydrogen-bond donors (Lipinski definition) is 0. The van der Waals surface area contributed by atoms with Crippen molar-refractivity contribution in [3.8, 4) is 0 Å². The first-order chi connectivity index (χ1) is 6.08. The van der Waals surface area contributed by atoms with E-state index in [9.17, 15) is 30.7 Å². The Morgan fingerprint density at radius 2 is 1.29 bits per heavy atom. The van der Waals surface area contributed by atoms with Gasteiger partial charge in [0.1, 0.15) is 0 Å². The van der Waals surface area contributed by atoms with Gasteiger partial charge in [-0.15, -0.1) is 0 Å². The van der Waals surface area contributed by atoms with Gasteiger partial charge in [-0.2, -0.15) is 17.6 Å². The number of halogens is 7. The van der Waals surface area contributed by atoms with E-state index < -0.39 is 37.3 Å². The average molecular weight is 225 g/mol. The molecule has 0 heterocycles. The van der Waals surface area contributed by atoms with Crippen LogP contribution in [-0.4, -0.2) is 24.4 Å². The highest BCUT2D eigenvalue weighted by molar-refractivity contribution is 4.89. The maximum absolute atomic E-state index is 12.4. The van der Waals surface area contributed by atoms with E-state index >= 15 is 0 Å². The summed E-state index contributed by atoms with van der Waals surface area (Å²) in [5, 5.41) is 0. The molecular formula is C7H8F7. The fraction of sp³-hybridized carbons (Fsp3) is 0.857. The summed E-state index contributed by atoms with van der Waals surface area (Å²) < 4.78 is 85.1. The zero-order valence-electron chi connectivity index (χ0n) is 6.97. The zero-order chi connectivity index (χ0) is 11.6. The van der Waals surface area contributed by atoms with Gasteiger partial charge in [0.2, 0.25) is 0 Å². The minimum absolute atomic E-state index is 1.25. The molecule has 0 aromatic carbocycles. The average Bonchev–Trinajstić information content (AvgIpc) is 2.02. The Balaban J connectivity index is 4.64. The minimum Gasteiger partial charge on any atom is -0.244 e. The molecule has 0 saturated carbocycles. The molecule has 0 bridgehead atoms. The molecule has 0 aromatic rings. The summed E-state index contributed by atoms with van der Waals surface area (Å²) in [4.78, 5) is 0. The lowest BCUT2D eigenvalue weighted by Crippen LogP contribution is -2.46. The second kappa shape index (κ2) is 3.94. The van der Waals surface area contributed by atoms with E-state index in [2.05, 4.69) is 6.92 Å². The first-order valence-electron chi connectivity index (χ1n) is 3.57. The van der Waals surface area contributed by atoms with Crippen molar-refractivity contribution >= 4 is 0 Å². The Hall–Kier alpha value is -0.490. The third kappa shape index (κ3) is 3.02. The Bertz CT molecular complexity index is 186. The monoisotopic (exact) mass is 225 g/mol. The van der Waals surface area contributed by atoms with Crippen molar-refractivity contribution in [2.75, 3.05) is 6.67 Å². The molecule has 85 valence electrons. The van der Waals surface area contributed by atoms with E-state index in [1.54, 1.807) is 0 Å². The van der Waals surface area contributed by atoms with E-state index in [1.807, 2.05) is 0 Å². The van der Waals surface area contributed by atoms with Crippen molar-refractivity contribution in [2.24, 2.45) is 0 Å². The zero-order valence-corrected chi connectivity index (χ0v) is 6.97. The molecule has 0 aliphatic carbocycles. The van der Waals surface area contributed by atoms with E-state index in [4.69, 9.17) is 0 Å². The lowest BCUT2D eigenvalue weighted by molar-refractivity contribution is -0.243. The minimum atomic E-state index is -5.07. The van der Waals surface area contributed by atoms with Crippen LogP contribution < -0.4 is 0 Å². The van der Waals surface area contributed by atoms with Crippen LogP contribution >= 0.6 is 0 Å². The van der Waals surface area contributed by atoms with Gasteiger partial charge in [-0.25, -0.2) is 13.2 Å². The molecule has 0 saturated heterocycles. The fourth-order valence-electron chi connectivity index (χ4n) is 0.640. The molecule has 0 nitrogen and oxygen atoms in total. The maximum Gasteiger partial charge on any atom is 0.338 e. The molecule has 0 N–H and O–H groups in total. The standard InChI is InChI=1S/C7H8F7/c1-2-5(9,10)3-6(11,12)7(13,14)4-8/h1-4H2. The molecule has 7 heteroatoms. The van der Waals surface area contributed by atoms with Crippen LogP contribution in [0.3, 0.4) is 0 Å². The predicted octanol–water partition coefficient (Wildman–Crippen LogP) is 3.48. The normalized spacial score (nSPS) is 14.6. The van der Waals surface area contributed by atoms with Crippen LogP contribution in [0.25, 0.3) is 0 Å². The summed E-state index contributed by atoms with van der Waals surface area (Å²) in [6.07, 6.45) is -3.65. The predicted molar refractivity (Wildman–Crippen MR) is 35.4 cm³/mol. The Morgan fingerprint density at radius 1 is 0.857 bits per heavy atom. The van der Waals surface area contributed by atoms with Crippen molar-refractivity contribution in [3.05, 3.63) is 6.92 Å². The molecule has 0 fully saturated rings. The molecular weight excluding hydrogens is 217 g/mol. The lowest BCUT2D eigenvalue weighted by atomic mass is 10.0. The van der Waals surface area contributed by atoms with Crippen molar-refractivity contribution in [1.29, 1.82) is 0 Å². The molecule has 0 aliphatic heterocycles. The van der Waals surface area contributed by atoms with Gasteiger partial charge in [-0.3, -0.25) is 0 Å². The first-order valence-corrected chi connectivity index (χ1v) is 3.57. The van der Waals surface area contributed by atoms with Gasteiger partial charge in [0.25, 0.3) is 5.92 Å². The van der Waals surface area contributed by atoms with Gasteiger partial charge in [0.05, 0.1) is 6.42 Å². The highest BCUT2D eigenvalue weighted by Gasteiger charge is 2.60. The van der Waals surface area contributed by atoms with Crippen molar-refractivity contribution < 1.29 is 30.7 Å². The molecule has 1 radical (unpaired) electrons. The SMILES string of the molecule is [CH2]CC(F)(F)CC(F)(F)C(F)(F)CF. The van der Waals surface area contributed by atoms with Crippen molar-refractivity contribution in [1.82, 2.24) is 0 Å². The second-order valence-corrected chi connectivity index (χ2v) is 2.83. The summed E-state index contributed by atoms with van der Waals surface area (Å²) in [6.45, 7) is -0.0460. The summed E-state index contributed by atoms with van der Waals surface area (Å²) >= 11 is 0. The molecule has 0 rings (SSSR count). The van der Waals surface area contributed by atoms with Gasteiger partial charge in [0.15, 0.2) is 6.67 Å². The maximum atomic E-state index is 12.4. The number of rotatable bonds is 5. The Morgan fingerprint density at radius 3 is 1.57 bits per heavy atom. The third-order valence-corrected chi connectivity index (χ3v) is 1.55.